The number of pyridine rings is 1. The van der Waals surface area contributed by atoms with E-state index in [9.17, 15) is 4.79 Å². The van der Waals surface area contributed by atoms with Crippen LogP contribution < -0.4 is 5.32 Å². The summed E-state index contributed by atoms with van der Waals surface area (Å²) in [5.74, 6) is -0.131. The van der Waals surface area contributed by atoms with Crippen LogP contribution in [0.5, 0.6) is 0 Å². The summed E-state index contributed by atoms with van der Waals surface area (Å²) in [4.78, 5) is 18.6. The molecule has 6 heteroatoms. The van der Waals surface area contributed by atoms with Gasteiger partial charge in [0, 0.05) is 17.8 Å². The maximum atomic E-state index is 12.4. The molecule has 0 saturated carbocycles. The zero-order chi connectivity index (χ0) is 16.4. The molecule has 0 bridgehead atoms. The fourth-order valence-corrected chi connectivity index (χ4v) is 3.24. The number of aromatic nitrogens is 1. The van der Waals surface area contributed by atoms with Crippen LogP contribution in [0.3, 0.4) is 0 Å². The molecule has 1 fully saturated rings. The first-order valence-corrected chi connectivity index (χ1v) is 8.18. The molecule has 2 aromatic rings. The molecule has 2 heterocycles. The highest BCUT2D eigenvalue weighted by Gasteiger charge is 2.34. The van der Waals surface area contributed by atoms with Crippen molar-refractivity contribution in [2.45, 2.75) is 18.5 Å². The molecule has 0 unspecified atom stereocenters. The number of likely N-dealkylation sites (N-methyl/N-ethyl adjacent to an activating group) is 1. The van der Waals surface area contributed by atoms with Crippen molar-refractivity contribution < 1.29 is 4.79 Å². The van der Waals surface area contributed by atoms with Gasteiger partial charge in [0.1, 0.15) is 5.15 Å². The van der Waals surface area contributed by atoms with Crippen molar-refractivity contribution in [1.29, 1.82) is 0 Å². The summed E-state index contributed by atoms with van der Waals surface area (Å²) in [6.45, 7) is 0.928. The van der Waals surface area contributed by atoms with Crippen LogP contribution in [0.25, 0.3) is 0 Å². The molecule has 2 atom stereocenters. The van der Waals surface area contributed by atoms with E-state index in [-0.39, 0.29) is 18.0 Å². The number of rotatable bonds is 3. The molecule has 3 rings (SSSR count). The van der Waals surface area contributed by atoms with Crippen LogP contribution in [0, 0.1) is 0 Å². The van der Waals surface area contributed by atoms with Crippen LogP contribution in [0.15, 0.2) is 42.6 Å². The van der Waals surface area contributed by atoms with Crippen LogP contribution in [0.1, 0.15) is 28.4 Å². The lowest BCUT2D eigenvalue weighted by atomic mass is 10.00. The Morgan fingerprint density at radius 3 is 2.61 bits per heavy atom. The number of carbonyl (C=O) groups is 1. The number of hydrogen-bond donors (Lipinski definition) is 1. The molecule has 1 aromatic carbocycles. The fraction of sp³-hybridized carbons (Fsp3) is 0.294. The van der Waals surface area contributed by atoms with Crippen LogP contribution >= 0.6 is 23.2 Å². The Labute approximate surface area is 145 Å². The van der Waals surface area contributed by atoms with Gasteiger partial charge in [-0.2, -0.15) is 0 Å². The Kier molecular flexibility index (Phi) is 4.85. The molecule has 120 valence electrons. The first kappa shape index (κ1) is 16.2. The van der Waals surface area contributed by atoms with E-state index >= 15 is 0 Å². The van der Waals surface area contributed by atoms with Crippen molar-refractivity contribution >= 4 is 29.1 Å². The topological polar surface area (TPSA) is 45.2 Å². The number of carbonyl (C=O) groups excluding carboxylic acids is 1. The normalized spacial score (nSPS) is 21.3. The van der Waals surface area contributed by atoms with Gasteiger partial charge in [0.05, 0.1) is 17.6 Å². The van der Waals surface area contributed by atoms with Crippen molar-refractivity contribution in [3.63, 3.8) is 0 Å². The number of benzene rings is 1. The molecule has 1 N–H and O–H groups in total. The molecular weight excluding hydrogens is 333 g/mol. The zero-order valence-corrected chi connectivity index (χ0v) is 14.2. The van der Waals surface area contributed by atoms with Gasteiger partial charge in [-0.1, -0.05) is 35.3 Å². The van der Waals surface area contributed by atoms with Gasteiger partial charge in [0.2, 0.25) is 0 Å². The summed E-state index contributed by atoms with van der Waals surface area (Å²) in [6.07, 6.45) is 2.39. The van der Waals surface area contributed by atoms with Gasteiger partial charge < -0.3 is 5.32 Å². The Bertz CT molecular complexity index is 688. The lowest BCUT2D eigenvalue weighted by Gasteiger charge is -2.26. The number of halogens is 2. The summed E-state index contributed by atoms with van der Waals surface area (Å²) < 4.78 is 0. The lowest BCUT2D eigenvalue weighted by molar-refractivity contribution is 0.0927. The molecule has 1 aromatic heterocycles. The molecular formula is C17H17Cl2N3O. The smallest absolute Gasteiger partial charge is 0.253 e. The minimum absolute atomic E-state index is 0.0457. The monoisotopic (exact) mass is 349 g/mol. The van der Waals surface area contributed by atoms with Gasteiger partial charge in [-0.05, 0) is 43.3 Å². The van der Waals surface area contributed by atoms with E-state index < -0.39 is 0 Å². The third kappa shape index (κ3) is 3.66. The maximum absolute atomic E-state index is 12.4. The minimum atomic E-state index is -0.131. The molecule has 4 nitrogen and oxygen atoms in total. The largest absolute Gasteiger partial charge is 0.347 e. The Morgan fingerprint density at radius 2 is 1.96 bits per heavy atom. The first-order valence-electron chi connectivity index (χ1n) is 7.43. The highest BCUT2D eigenvalue weighted by Crippen LogP contribution is 2.31. The maximum Gasteiger partial charge on any atom is 0.253 e. The fourth-order valence-electron chi connectivity index (χ4n) is 3.01. The summed E-state index contributed by atoms with van der Waals surface area (Å²) >= 11 is 11.7. The molecule has 1 aliphatic heterocycles. The summed E-state index contributed by atoms with van der Waals surface area (Å²) in [5.41, 5.74) is 1.66. The average Bonchev–Trinajstić information content (AvgIpc) is 2.89. The number of nitrogens with one attached hydrogen (secondary N) is 1. The van der Waals surface area contributed by atoms with E-state index in [1.807, 2.05) is 24.3 Å². The third-order valence-corrected chi connectivity index (χ3v) is 4.64. The Hall–Kier alpha value is -1.62. The second-order valence-electron chi connectivity index (χ2n) is 5.72. The zero-order valence-electron chi connectivity index (χ0n) is 12.7. The van der Waals surface area contributed by atoms with Crippen molar-refractivity contribution in [3.05, 3.63) is 63.9 Å². The van der Waals surface area contributed by atoms with Crippen LogP contribution in [0.2, 0.25) is 10.2 Å². The van der Waals surface area contributed by atoms with Gasteiger partial charge >= 0.3 is 0 Å². The number of likely N-dealkylation sites (tertiary alicyclic amines) is 1. The van der Waals surface area contributed by atoms with Gasteiger partial charge in [-0.25, -0.2) is 4.98 Å². The predicted octanol–water partition coefficient (Wildman–Crippen LogP) is 3.56. The lowest BCUT2D eigenvalue weighted by Crippen LogP contribution is -2.39. The molecule has 1 saturated heterocycles. The predicted molar refractivity (Wildman–Crippen MR) is 91.9 cm³/mol. The Balaban J connectivity index is 1.77. The first-order chi connectivity index (χ1) is 11.0. The van der Waals surface area contributed by atoms with E-state index in [0.717, 1.165) is 18.5 Å². The van der Waals surface area contributed by atoms with Crippen molar-refractivity contribution in [3.8, 4) is 0 Å². The summed E-state index contributed by atoms with van der Waals surface area (Å²) in [5, 5.41) is 4.20. The third-order valence-electron chi connectivity index (χ3n) is 4.17. The molecule has 23 heavy (non-hydrogen) atoms. The second-order valence-corrected chi connectivity index (χ2v) is 6.54. The number of amides is 1. The molecule has 0 spiro atoms. The van der Waals surface area contributed by atoms with Crippen molar-refractivity contribution in [2.75, 3.05) is 13.6 Å². The number of nitrogens with zero attached hydrogens (tertiary/aromatic N) is 2. The highest BCUT2D eigenvalue weighted by atomic mass is 35.5. The summed E-state index contributed by atoms with van der Waals surface area (Å²) in [7, 11) is 2.06. The van der Waals surface area contributed by atoms with Gasteiger partial charge in [0.15, 0.2) is 0 Å². The molecule has 1 aliphatic rings. The number of hydrogen-bond acceptors (Lipinski definition) is 3. The van der Waals surface area contributed by atoms with Crippen LogP contribution in [0.4, 0.5) is 0 Å². The highest BCUT2D eigenvalue weighted by molar-refractivity contribution is 6.30. The van der Waals surface area contributed by atoms with Crippen molar-refractivity contribution in [2.24, 2.45) is 0 Å². The summed E-state index contributed by atoms with van der Waals surface area (Å²) in [6, 6.07) is 11.3. The van der Waals surface area contributed by atoms with Gasteiger partial charge in [-0.15, -0.1) is 0 Å². The standard InChI is InChI=1S/C17H17Cl2N3O/c1-22-9-8-14(16(22)11-2-5-13(18)6-3-11)21-17(23)12-4-7-15(19)20-10-12/h2-7,10,14,16H,8-9H2,1H3,(H,21,23)/t14-,16-/m0/s1. The molecule has 1 amide bonds. The van der Waals surface area contributed by atoms with Crippen molar-refractivity contribution in [1.82, 2.24) is 15.2 Å². The van der Waals surface area contributed by atoms with Gasteiger partial charge in [0.25, 0.3) is 5.91 Å². The average molecular weight is 350 g/mol. The van der Waals surface area contributed by atoms with E-state index in [2.05, 4.69) is 22.2 Å². The van der Waals surface area contributed by atoms with Gasteiger partial charge in [-0.3, -0.25) is 9.69 Å². The van der Waals surface area contributed by atoms with E-state index in [1.165, 1.54) is 6.20 Å². The van der Waals surface area contributed by atoms with Crippen LogP contribution in [-0.4, -0.2) is 35.4 Å². The van der Waals surface area contributed by atoms with E-state index in [1.54, 1.807) is 12.1 Å². The van der Waals surface area contributed by atoms with E-state index in [0.29, 0.717) is 15.7 Å². The second kappa shape index (κ2) is 6.87. The quantitative estimate of drug-likeness (QED) is 0.861. The van der Waals surface area contributed by atoms with Crippen LogP contribution in [-0.2, 0) is 0 Å². The minimum Gasteiger partial charge on any atom is -0.347 e. The molecule has 0 aliphatic carbocycles. The van der Waals surface area contributed by atoms with E-state index in [4.69, 9.17) is 23.2 Å². The SMILES string of the molecule is CN1CC[C@H](NC(=O)c2ccc(Cl)nc2)[C@@H]1c1ccc(Cl)cc1. The Morgan fingerprint density at radius 1 is 1.22 bits per heavy atom. The molecule has 0 radical (unpaired) electrons.